The van der Waals surface area contributed by atoms with E-state index in [4.69, 9.17) is 5.73 Å². The van der Waals surface area contributed by atoms with E-state index in [1.807, 2.05) is 6.20 Å². The van der Waals surface area contributed by atoms with Crippen LogP contribution >= 0.6 is 0 Å². The average Bonchev–Trinajstić information content (AvgIpc) is 2.89. The van der Waals surface area contributed by atoms with Gasteiger partial charge in [0.05, 0.1) is 18.4 Å². The third-order valence-corrected chi connectivity index (χ3v) is 3.45. The van der Waals surface area contributed by atoms with Crippen molar-refractivity contribution in [1.29, 1.82) is 0 Å². The maximum absolute atomic E-state index is 6.11. The largest absolute Gasteiger partial charge is 0.384 e. The number of nitrogens with one attached hydrogen (secondary N) is 3. The molecule has 0 saturated heterocycles. The molecule has 0 aromatic carbocycles. The Morgan fingerprint density at radius 3 is 2.80 bits per heavy atom. The molecule has 0 aromatic rings. The van der Waals surface area contributed by atoms with Gasteiger partial charge in [0, 0.05) is 11.9 Å². The fourth-order valence-electron chi connectivity index (χ4n) is 2.13. The van der Waals surface area contributed by atoms with Gasteiger partial charge in [-0.15, -0.1) is 0 Å². The lowest BCUT2D eigenvalue weighted by atomic mass is 10.2. The van der Waals surface area contributed by atoms with Crippen molar-refractivity contribution in [3.05, 3.63) is 11.9 Å². The van der Waals surface area contributed by atoms with Crippen LogP contribution in [0.15, 0.2) is 11.9 Å². The molecule has 0 bridgehead atoms. The summed E-state index contributed by atoms with van der Waals surface area (Å²) in [4.78, 5) is 0. The number of hydrogen-bond donors (Lipinski definition) is 4. The Labute approximate surface area is 91.7 Å². The molecule has 0 aromatic heterocycles. The molecule has 5 unspecified atom stereocenters. The van der Waals surface area contributed by atoms with Crippen molar-refractivity contribution in [3.63, 3.8) is 0 Å². The van der Waals surface area contributed by atoms with Crippen molar-refractivity contribution in [2.45, 2.75) is 45.6 Å². The Balaban J connectivity index is 1.85. The molecule has 1 fully saturated rings. The maximum Gasteiger partial charge on any atom is 0.0982 e. The Hall–Kier alpha value is -0.740. The van der Waals surface area contributed by atoms with Crippen LogP contribution in [0.25, 0.3) is 0 Å². The number of rotatable bonds is 3. The molecule has 2 aliphatic rings. The van der Waals surface area contributed by atoms with Crippen LogP contribution in [0.2, 0.25) is 0 Å². The van der Waals surface area contributed by atoms with Crippen LogP contribution in [0.1, 0.15) is 27.2 Å². The standard InChI is InChI=1S/C11H22N4/c1-6-4-9(6)10(12)15-11-8(3)13-5-7(2)14-11/h5-6,8-11,13-15H,4,12H2,1-3H3. The van der Waals surface area contributed by atoms with E-state index < -0.39 is 0 Å². The van der Waals surface area contributed by atoms with Crippen LogP contribution in [0.4, 0.5) is 0 Å². The summed E-state index contributed by atoms with van der Waals surface area (Å²) in [6.45, 7) is 6.46. The molecular formula is C11H22N4. The summed E-state index contributed by atoms with van der Waals surface area (Å²) >= 11 is 0. The van der Waals surface area contributed by atoms with Gasteiger partial charge in [-0.2, -0.15) is 0 Å². The van der Waals surface area contributed by atoms with Crippen LogP contribution in [0, 0.1) is 11.8 Å². The molecular weight excluding hydrogens is 188 g/mol. The van der Waals surface area contributed by atoms with Crippen LogP contribution < -0.4 is 21.7 Å². The van der Waals surface area contributed by atoms with E-state index in [-0.39, 0.29) is 12.3 Å². The number of allylic oxidation sites excluding steroid dienone is 1. The molecule has 4 nitrogen and oxygen atoms in total. The Morgan fingerprint density at radius 2 is 2.20 bits per heavy atom. The summed E-state index contributed by atoms with van der Waals surface area (Å²) in [5.41, 5.74) is 7.26. The minimum absolute atomic E-state index is 0.118. The zero-order valence-corrected chi connectivity index (χ0v) is 9.75. The normalized spacial score (nSPS) is 41.2. The summed E-state index contributed by atoms with van der Waals surface area (Å²) in [5, 5.41) is 10.2. The molecule has 5 N–H and O–H groups in total. The second-order valence-corrected chi connectivity index (χ2v) is 4.97. The van der Waals surface area contributed by atoms with E-state index in [2.05, 4.69) is 36.7 Å². The quantitative estimate of drug-likeness (QED) is 0.506. The zero-order valence-electron chi connectivity index (χ0n) is 9.75. The lowest BCUT2D eigenvalue weighted by Gasteiger charge is -2.34. The molecule has 4 heteroatoms. The molecule has 86 valence electrons. The van der Waals surface area contributed by atoms with Gasteiger partial charge < -0.3 is 16.4 Å². The highest BCUT2D eigenvalue weighted by molar-refractivity contribution is 5.04. The SMILES string of the molecule is CC1=CNC(C)C(NC(N)C2CC2C)N1. The van der Waals surface area contributed by atoms with E-state index in [9.17, 15) is 0 Å². The topological polar surface area (TPSA) is 62.1 Å². The molecule has 1 heterocycles. The van der Waals surface area contributed by atoms with Crippen molar-refractivity contribution in [2.75, 3.05) is 0 Å². The average molecular weight is 210 g/mol. The summed E-state index contributed by atoms with van der Waals surface area (Å²) in [7, 11) is 0. The van der Waals surface area contributed by atoms with Gasteiger partial charge in [-0.1, -0.05) is 6.92 Å². The minimum Gasteiger partial charge on any atom is -0.384 e. The Bertz CT molecular complexity index is 263. The van der Waals surface area contributed by atoms with Gasteiger partial charge in [0.25, 0.3) is 0 Å². The van der Waals surface area contributed by atoms with E-state index in [1.54, 1.807) is 0 Å². The summed E-state index contributed by atoms with van der Waals surface area (Å²) < 4.78 is 0. The molecule has 0 amide bonds. The minimum atomic E-state index is 0.118. The van der Waals surface area contributed by atoms with Gasteiger partial charge in [0.2, 0.25) is 0 Å². The number of nitrogens with two attached hydrogens (primary N) is 1. The van der Waals surface area contributed by atoms with E-state index in [0.717, 1.165) is 11.6 Å². The fraction of sp³-hybridized carbons (Fsp3) is 0.818. The monoisotopic (exact) mass is 210 g/mol. The van der Waals surface area contributed by atoms with Crippen molar-refractivity contribution in [1.82, 2.24) is 16.0 Å². The smallest absolute Gasteiger partial charge is 0.0982 e. The first-order chi connectivity index (χ1) is 7.08. The van der Waals surface area contributed by atoms with Crippen molar-refractivity contribution >= 4 is 0 Å². The summed E-state index contributed by atoms with van der Waals surface area (Å²) in [6.07, 6.45) is 3.62. The third kappa shape index (κ3) is 2.44. The molecule has 1 aliphatic carbocycles. The lowest BCUT2D eigenvalue weighted by Crippen LogP contribution is -2.61. The van der Waals surface area contributed by atoms with E-state index >= 15 is 0 Å². The van der Waals surface area contributed by atoms with Crippen LogP contribution in [0.3, 0.4) is 0 Å². The Kier molecular flexibility index (Phi) is 2.89. The second-order valence-electron chi connectivity index (χ2n) is 4.97. The molecule has 1 aliphatic heterocycles. The second kappa shape index (κ2) is 4.02. The molecule has 0 spiro atoms. The first-order valence-corrected chi connectivity index (χ1v) is 5.79. The predicted molar refractivity (Wildman–Crippen MR) is 61.7 cm³/mol. The highest BCUT2D eigenvalue weighted by Gasteiger charge is 2.39. The zero-order chi connectivity index (χ0) is 11.0. The maximum atomic E-state index is 6.11. The van der Waals surface area contributed by atoms with Gasteiger partial charge in [-0.05, 0) is 32.1 Å². The highest BCUT2D eigenvalue weighted by atomic mass is 15.2. The molecule has 1 saturated carbocycles. The van der Waals surface area contributed by atoms with Gasteiger partial charge >= 0.3 is 0 Å². The van der Waals surface area contributed by atoms with Crippen LogP contribution in [-0.4, -0.2) is 18.4 Å². The van der Waals surface area contributed by atoms with E-state index in [1.165, 1.54) is 6.42 Å². The summed E-state index contributed by atoms with van der Waals surface area (Å²) in [5.74, 6) is 1.45. The van der Waals surface area contributed by atoms with Crippen molar-refractivity contribution in [3.8, 4) is 0 Å². The van der Waals surface area contributed by atoms with Gasteiger partial charge in [-0.25, -0.2) is 0 Å². The first-order valence-electron chi connectivity index (χ1n) is 5.79. The van der Waals surface area contributed by atoms with Gasteiger partial charge in [0.15, 0.2) is 0 Å². The fourth-order valence-corrected chi connectivity index (χ4v) is 2.13. The highest BCUT2D eigenvalue weighted by Crippen LogP contribution is 2.39. The predicted octanol–water partition coefficient (Wildman–Crippen LogP) is 0.286. The number of hydrogen-bond acceptors (Lipinski definition) is 4. The summed E-state index contributed by atoms with van der Waals surface area (Å²) in [6, 6.07) is 0.369. The molecule has 5 atom stereocenters. The lowest BCUT2D eigenvalue weighted by molar-refractivity contribution is 0.301. The van der Waals surface area contributed by atoms with Crippen molar-refractivity contribution in [2.24, 2.45) is 17.6 Å². The first kappa shape index (κ1) is 10.8. The molecule has 15 heavy (non-hydrogen) atoms. The van der Waals surface area contributed by atoms with Crippen LogP contribution in [0.5, 0.6) is 0 Å². The van der Waals surface area contributed by atoms with Crippen molar-refractivity contribution < 1.29 is 0 Å². The Morgan fingerprint density at radius 1 is 1.53 bits per heavy atom. The van der Waals surface area contributed by atoms with Crippen LogP contribution in [-0.2, 0) is 0 Å². The molecule has 2 rings (SSSR count). The molecule has 0 radical (unpaired) electrons. The van der Waals surface area contributed by atoms with Gasteiger partial charge in [-0.3, -0.25) is 5.32 Å². The third-order valence-electron chi connectivity index (χ3n) is 3.45. The van der Waals surface area contributed by atoms with Gasteiger partial charge in [0.1, 0.15) is 0 Å². The van der Waals surface area contributed by atoms with E-state index in [0.29, 0.717) is 12.0 Å².